The average Bonchev–Trinajstić information content (AvgIpc) is 2.54. The molecular weight excluding hydrogens is 354 g/mol. The highest BCUT2D eigenvalue weighted by Crippen LogP contribution is 2.36. The molecule has 0 aliphatic heterocycles. The van der Waals surface area contributed by atoms with E-state index in [2.05, 4.69) is 10.3 Å². The Bertz CT molecular complexity index is 762. The Balaban J connectivity index is 1.76. The Morgan fingerprint density at radius 2 is 2.17 bits per heavy atom. The summed E-state index contributed by atoms with van der Waals surface area (Å²) in [7, 11) is 0. The number of nitrogens with zero attached hydrogens (tertiary/aromatic N) is 1. The highest BCUT2D eigenvalue weighted by molar-refractivity contribution is 6.35. The zero-order valence-electron chi connectivity index (χ0n) is 12.6. The second kappa shape index (κ2) is 7.05. The first-order chi connectivity index (χ1) is 11.5. The number of benzene rings is 1. The van der Waals surface area contributed by atoms with Gasteiger partial charge in [0, 0.05) is 28.4 Å². The minimum atomic E-state index is -0.659. The van der Waals surface area contributed by atoms with E-state index < -0.39 is 17.8 Å². The monoisotopic (exact) mass is 368 g/mol. The maximum atomic E-state index is 13.9. The molecule has 3 rings (SSSR count). The summed E-state index contributed by atoms with van der Waals surface area (Å²) in [5.41, 5.74) is 1.42. The molecule has 1 aromatic heterocycles. The van der Waals surface area contributed by atoms with Crippen molar-refractivity contribution in [2.24, 2.45) is 0 Å². The highest BCUT2D eigenvalue weighted by Gasteiger charge is 2.31. The van der Waals surface area contributed by atoms with Crippen molar-refractivity contribution in [1.82, 2.24) is 10.3 Å². The number of carbonyl (C=O) groups excluding carboxylic acids is 1. The smallest absolute Gasteiger partial charge is 0.227 e. The summed E-state index contributed by atoms with van der Waals surface area (Å²) < 4.78 is 13.9. The number of aliphatic hydroxyl groups excluding tert-OH is 1. The molecule has 0 radical (unpaired) electrons. The van der Waals surface area contributed by atoms with Crippen LogP contribution in [0.1, 0.15) is 41.7 Å². The normalized spacial score (nSPS) is 19.7. The zero-order valence-corrected chi connectivity index (χ0v) is 14.1. The first kappa shape index (κ1) is 17.1. The van der Waals surface area contributed by atoms with Crippen LogP contribution in [0.4, 0.5) is 4.39 Å². The molecule has 0 unspecified atom stereocenters. The van der Waals surface area contributed by atoms with Crippen LogP contribution >= 0.6 is 23.2 Å². The molecule has 1 aliphatic carbocycles. The van der Waals surface area contributed by atoms with Crippen LogP contribution in [0.3, 0.4) is 0 Å². The molecule has 126 valence electrons. The number of fused-ring (bicyclic) bond motifs is 1. The van der Waals surface area contributed by atoms with Crippen LogP contribution in [-0.4, -0.2) is 16.0 Å². The van der Waals surface area contributed by atoms with Crippen LogP contribution in [-0.2, 0) is 11.3 Å². The lowest BCUT2D eigenvalue weighted by molar-refractivity contribution is -0.123. The van der Waals surface area contributed by atoms with E-state index in [4.69, 9.17) is 23.2 Å². The molecule has 2 N–H and O–H groups in total. The largest absolute Gasteiger partial charge is 0.387 e. The number of carbonyl (C=O) groups is 1. The second-order valence-corrected chi connectivity index (χ2v) is 6.53. The van der Waals surface area contributed by atoms with E-state index in [0.717, 1.165) is 6.07 Å². The molecular formula is C17H15Cl2FN2O2. The Hall–Kier alpha value is -1.69. The van der Waals surface area contributed by atoms with Crippen LogP contribution in [0.2, 0.25) is 10.0 Å². The van der Waals surface area contributed by atoms with E-state index in [1.54, 1.807) is 18.3 Å². The molecule has 2 aromatic rings. The van der Waals surface area contributed by atoms with Gasteiger partial charge in [0.05, 0.1) is 17.7 Å². The van der Waals surface area contributed by atoms with Gasteiger partial charge in [0.15, 0.2) is 0 Å². The summed E-state index contributed by atoms with van der Waals surface area (Å²) in [5.74, 6) is -1.23. The third-order valence-corrected chi connectivity index (χ3v) is 4.71. The van der Waals surface area contributed by atoms with Gasteiger partial charge in [-0.3, -0.25) is 9.78 Å². The average molecular weight is 369 g/mol. The fourth-order valence-corrected chi connectivity index (χ4v) is 3.47. The van der Waals surface area contributed by atoms with Crippen molar-refractivity contribution in [1.29, 1.82) is 0 Å². The summed E-state index contributed by atoms with van der Waals surface area (Å²) in [6.45, 7) is -0.0324. The van der Waals surface area contributed by atoms with Gasteiger partial charge in [0.1, 0.15) is 5.82 Å². The molecule has 0 bridgehead atoms. The van der Waals surface area contributed by atoms with Crippen molar-refractivity contribution in [3.05, 3.63) is 63.1 Å². The van der Waals surface area contributed by atoms with Crippen LogP contribution in [0, 0.1) is 5.82 Å². The maximum absolute atomic E-state index is 13.9. The number of rotatable bonds is 3. The standard InChI is InChI=1S/C17H15Cl2FN2O2/c18-9-6-13(19)12(14(20)7-9)8-22-17(24)11-3-4-15(23)16-10(11)2-1-5-21-16/h1-2,5-7,11,15,23H,3-4,8H2,(H,22,24)/t11-,15-/m0/s1. The van der Waals surface area contributed by atoms with E-state index in [9.17, 15) is 14.3 Å². The Morgan fingerprint density at radius 1 is 1.38 bits per heavy atom. The molecule has 4 nitrogen and oxygen atoms in total. The lowest BCUT2D eigenvalue weighted by Crippen LogP contribution is -2.32. The summed E-state index contributed by atoms with van der Waals surface area (Å²) in [4.78, 5) is 16.7. The molecule has 24 heavy (non-hydrogen) atoms. The van der Waals surface area contributed by atoms with Crippen LogP contribution in [0.5, 0.6) is 0 Å². The molecule has 0 fully saturated rings. The SMILES string of the molecule is O=C(NCc1c(F)cc(Cl)cc1Cl)[C@H]1CC[C@H](O)c2ncccc21. The minimum absolute atomic E-state index is 0.0324. The summed E-state index contributed by atoms with van der Waals surface area (Å²) in [6.07, 6.45) is 1.89. The number of aliphatic hydroxyl groups is 1. The van der Waals surface area contributed by atoms with Crippen LogP contribution in [0.25, 0.3) is 0 Å². The Morgan fingerprint density at radius 3 is 2.92 bits per heavy atom. The van der Waals surface area contributed by atoms with E-state index in [1.165, 1.54) is 6.07 Å². The van der Waals surface area contributed by atoms with Gasteiger partial charge in [-0.15, -0.1) is 0 Å². The first-order valence-electron chi connectivity index (χ1n) is 7.51. The lowest BCUT2D eigenvalue weighted by atomic mass is 9.83. The number of aromatic nitrogens is 1. The molecule has 0 saturated carbocycles. The molecule has 1 heterocycles. The molecule has 0 saturated heterocycles. The first-order valence-corrected chi connectivity index (χ1v) is 8.27. The molecule has 1 amide bonds. The van der Waals surface area contributed by atoms with Gasteiger partial charge in [-0.2, -0.15) is 0 Å². The predicted octanol–water partition coefficient (Wildman–Crippen LogP) is 3.75. The van der Waals surface area contributed by atoms with Crippen molar-refractivity contribution in [2.45, 2.75) is 31.4 Å². The van der Waals surface area contributed by atoms with E-state index >= 15 is 0 Å². The molecule has 1 aromatic carbocycles. The topological polar surface area (TPSA) is 62.2 Å². The van der Waals surface area contributed by atoms with Gasteiger partial charge in [-0.05, 0) is 36.6 Å². The maximum Gasteiger partial charge on any atom is 0.227 e. The fraction of sp³-hybridized carbons (Fsp3) is 0.294. The predicted molar refractivity (Wildman–Crippen MR) is 89.4 cm³/mol. The quantitative estimate of drug-likeness (QED) is 0.866. The molecule has 2 atom stereocenters. The highest BCUT2D eigenvalue weighted by atomic mass is 35.5. The third kappa shape index (κ3) is 3.38. The van der Waals surface area contributed by atoms with Crippen LogP contribution < -0.4 is 5.32 Å². The zero-order chi connectivity index (χ0) is 17.3. The van der Waals surface area contributed by atoms with Crippen molar-refractivity contribution < 1.29 is 14.3 Å². The molecule has 1 aliphatic rings. The van der Waals surface area contributed by atoms with Gasteiger partial charge in [0.2, 0.25) is 5.91 Å². The van der Waals surface area contributed by atoms with E-state index in [1.807, 2.05) is 0 Å². The third-order valence-electron chi connectivity index (χ3n) is 4.15. The van der Waals surface area contributed by atoms with Gasteiger partial charge in [-0.1, -0.05) is 29.3 Å². The second-order valence-electron chi connectivity index (χ2n) is 5.69. The molecule has 0 spiro atoms. The van der Waals surface area contributed by atoms with Gasteiger partial charge >= 0.3 is 0 Å². The van der Waals surface area contributed by atoms with Gasteiger partial charge in [-0.25, -0.2) is 4.39 Å². The molecule has 7 heteroatoms. The number of pyridine rings is 1. The van der Waals surface area contributed by atoms with E-state index in [0.29, 0.717) is 24.1 Å². The van der Waals surface area contributed by atoms with Crippen LogP contribution in [0.15, 0.2) is 30.5 Å². The fourth-order valence-electron chi connectivity index (χ4n) is 2.93. The Kier molecular flexibility index (Phi) is 5.04. The lowest BCUT2D eigenvalue weighted by Gasteiger charge is -2.27. The van der Waals surface area contributed by atoms with Gasteiger partial charge in [0.25, 0.3) is 0 Å². The number of amides is 1. The summed E-state index contributed by atoms with van der Waals surface area (Å²) >= 11 is 11.7. The van der Waals surface area contributed by atoms with Crippen molar-refractivity contribution >= 4 is 29.1 Å². The number of nitrogens with one attached hydrogen (secondary N) is 1. The van der Waals surface area contributed by atoms with Crippen molar-refractivity contribution in [3.63, 3.8) is 0 Å². The Labute approximate surface area is 148 Å². The van der Waals surface area contributed by atoms with Gasteiger partial charge < -0.3 is 10.4 Å². The van der Waals surface area contributed by atoms with Crippen molar-refractivity contribution in [3.8, 4) is 0 Å². The minimum Gasteiger partial charge on any atom is -0.387 e. The summed E-state index contributed by atoms with van der Waals surface area (Å²) in [6, 6.07) is 6.10. The number of halogens is 3. The number of hydrogen-bond acceptors (Lipinski definition) is 3. The van der Waals surface area contributed by atoms with Crippen molar-refractivity contribution in [2.75, 3.05) is 0 Å². The van der Waals surface area contributed by atoms with E-state index in [-0.39, 0.29) is 28.1 Å². The number of hydrogen-bond donors (Lipinski definition) is 2. The summed E-state index contributed by atoms with van der Waals surface area (Å²) in [5, 5.41) is 13.1.